The third kappa shape index (κ3) is 2.72. The normalized spacial score (nSPS) is 14.1. The molecule has 0 aliphatic carbocycles. The number of hydrogen-bond acceptors (Lipinski definition) is 3. The van der Waals surface area contributed by atoms with E-state index in [0.29, 0.717) is 12.6 Å². The first-order valence-electron chi connectivity index (χ1n) is 6.74. The minimum absolute atomic E-state index is 0.464. The summed E-state index contributed by atoms with van der Waals surface area (Å²) < 4.78 is 11.3. The third-order valence-electron chi connectivity index (χ3n) is 3.35. The number of furan rings is 1. The highest BCUT2D eigenvalue weighted by Crippen LogP contribution is 2.28. The molecule has 1 aromatic heterocycles. The zero-order valence-electron chi connectivity index (χ0n) is 11.4. The Kier molecular flexibility index (Phi) is 3.40. The molecule has 2 aromatic rings. The minimum atomic E-state index is 0.464. The Hall–Kier alpha value is -1.58. The molecular weight excluding hydrogens is 238 g/mol. The van der Waals surface area contributed by atoms with Gasteiger partial charge in [0.25, 0.3) is 0 Å². The van der Waals surface area contributed by atoms with Crippen molar-refractivity contribution in [2.75, 3.05) is 0 Å². The van der Waals surface area contributed by atoms with Gasteiger partial charge in [-0.15, -0.1) is 0 Å². The highest BCUT2D eigenvalue weighted by atomic mass is 16.5. The quantitative estimate of drug-likeness (QED) is 0.910. The van der Waals surface area contributed by atoms with Crippen molar-refractivity contribution in [2.45, 2.75) is 39.6 Å². The Balaban J connectivity index is 1.79. The van der Waals surface area contributed by atoms with E-state index < -0.39 is 0 Å². The van der Waals surface area contributed by atoms with E-state index in [9.17, 15) is 0 Å². The summed E-state index contributed by atoms with van der Waals surface area (Å²) in [6.07, 6.45) is 0. The van der Waals surface area contributed by atoms with Crippen LogP contribution >= 0.6 is 0 Å². The fourth-order valence-electron chi connectivity index (χ4n) is 2.26. The highest BCUT2D eigenvalue weighted by molar-refractivity contribution is 5.60. The summed E-state index contributed by atoms with van der Waals surface area (Å²) in [5.74, 6) is 1.90. The van der Waals surface area contributed by atoms with Gasteiger partial charge < -0.3 is 14.5 Å². The van der Waals surface area contributed by atoms with Gasteiger partial charge in [-0.05, 0) is 29.3 Å². The van der Waals surface area contributed by atoms with Gasteiger partial charge in [0.1, 0.15) is 11.5 Å². The molecule has 19 heavy (non-hydrogen) atoms. The summed E-state index contributed by atoms with van der Waals surface area (Å²) in [6.45, 7) is 6.48. The lowest BCUT2D eigenvalue weighted by atomic mass is 10.1. The van der Waals surface area contributed by atoms with Crippen molar-refractivity contribution in [3.05, 3.63) is 47.2 Å². The average molecular weight is 257 g/mol. The van der Waals surface area contributed by atoms with Crippen molar-refractivity contribution >= 4 is 0 Å². The lowest BCUT2D eigenvalue weighted by molar-refractivity contribution is 0.134. The summed E-state index contributed by atoms with van der Waals surface area (Å²) in [6, 6.07) is 10.9. The Labute approximate surface area is 113 Å². The first kappa shape index (κ1) is 12.5. The predicted molar refractivity (Wildman–Crippen MR) is 74.6 cm³/mol. The van der Waals surface area contributed by atoms with Crippen molar-refractivity contribution in [3.8, 4) is 11.3 Å². The largest absolute Gasteiger partial charge is 0.460 e. The molecule has 1 aromatic carbocycles. The molecule has 0 bridgehead atoms. The maximum absolute atomic E-state index is 5.88. The summed E-state index contributed by atoms with van der Waals surface area (Å²) >= 11 is 0. The summed E-state index contributed by atoms with van der Waals surface area (Å²) in [4.78, 5) is 0. The molecule has 3 nitrogen and oxygen atoms in total. The second kappa shape index (κ2) is 5.19. The van der Waals surface area contributed by atoms with Crippen LogP contribution in [0.5, 0.6) is 0 Å². The topological polar surface area (TPSA) is 34.4 Å². The molecule has 100 valence electrons. The molecule has 1 N–H and O–H groups in total. The molecular formula is C16H19NO2. The van der Waals surface area contributed by atoms with Gasteiger partial charge in [0, 0.05) is 11.6 Å². The van der Waals surface area contributed by atoms with Crippen molar-refractivity contribution in [3.63, 3.8) is 0 Å². The van der Waals surface area contributed by atoms with Gasteiger partial charge in [-0.3, -0.25) is 0 Å². The van der Waals surface area contributed by atoms with E-state index in [1.807, 2.05) is 12.1 Å². The van der Waals surface area contributed by atoms with Crippen molar-refractivity contribution in [2.24, 2.45) is 0 Å². The van der Waals surface area contributed by atoms with E-state index in [4.69, 9.17) is 9.15 Å². The third-order valence-corrected chi connectivity index (χ3v) is 3.35. The van der Waals surface area contributed by atoms with E-state index in [1.165, 1.54) is 11.1 Å². The van der Waals surface area contributed by atoms with E-state index in [-0.39, 0.29) is 0 Å². The second-order valence-corrected chi connectivity index (χ2v) is 5.28. The molecule has 0 saturated heterocycles. The van der Waals surface area contributed by atoms with E-state index in [1.54, 1.807) is 0 Å². The fourth-order valence-corrected chi connectivity index (χ4v) is 2.26. The zero-order chi connectivity index (χ0) is 13.2. The van der Waals surface area contributed by atoms with Crippen LogP contribution in [0.25, 0.3) is 11.3 Å². The molecule has 0 atom stereocenters. The Morgan fingerprint density at radius 3 is 2.79 bits per heavy atom. The van der Waals surface area contributed by atoms with Crippen LogP contribution < -0.4 is 5.32 Å². The Morgan fingerprint density at radius 1 is 1.11 bits per heavy atom. The van der Waals surface area contributed by atoms with Crippen molar-refractivity contribution < 1.29 is 9.15 Å². The molecule has 1 aliphatic heterocycles. The van der Waals surface area contributed by atoms with Gasteiger partial charge in [-0.2, -0.15) is 0 Å². The molecule has 0 spiro atoms. The van der Waals surface area contributed by atoms with Gasteiger partial charge in [0.2, 0.25) is 0 Å². The Bertz CT molecular complexity index is 572. The predicted octanol–water partition coefficient (Wildman–Crippen LogP) is 3.47. The van der Waals surface area contributed by atoms with Gasteiger partial charge in [0.15, 0.2) is 0 Å². The fraction of sp³-hybridized carbons (Fsp3) is 0.375. The molecule has 0 amide bonds. The van der Waals surface area contributed by atoms with Crippen molar-refractivity contribution in [1.29, 1.82) is 0 Å². The highest BCUT2D eigenvalue weighted by Gasteiger charge is 2.13. The number of benzene rings is 1. The lowest BCUT2D eigenvalue weighted by Crippen LogP contribution is -2.21. The summed E-state index contributed by atoms with van der Waals surface area (Å²) in [7, 11) is 0. The van der Waals surface area contributed by atoms with Gasteiger partial charge in [-0.25, -0.2) is 0 Å². The Morgan fingerprint density at radius 2 is 1.95 bits per heavy atom. The van der Waals surface area contributed by atoms with Gasteiger partial charge in [-0.1, -0.05) is 26.0 Å². The first-order chi connectivity index (χ1) is 9.22. The van der Waals surface area contributed by atoms with Gasteiger partial charge in [0.05, 0.1) is 19.8 Å². The van der Waals surface area contributed by atoms with Crippen LogP contribution in [0.3, 0.4) is 0 Å². The van der Waals surface area contributed by atoms with Crippen LogP contribution in [-0.2, 0) is 24.5 Å². The summed E-state index contributed by atoms with van der Waals surface area (Å²) in [5.41, 5.74) is 3.69. The number of hydrogen-bond donors (Lipinski definition) is 1. The maximum Gasteiger partial charge on any atom is 0.134 e. The molecule has 0 unspecified atom stereocenters. The van der Waals surface area contributed by atoms with Crippen LogP contribution in [0, 0.1) is 0 Å². The van der Waals surface area contributed by atoms with Crippen LogP contribution in [0.15, 0.2) is 34.7 Å². The number of fused-ring (bicyclic) bond motifs is 1. The maximum atomic E-state index is 5.88. The number of nitrogens with one attached hydrogen (secondary N) is 1. The van der Waals surface area contributed by atoms with Crippen LogP contribution in [-0.4, -0.2) is 6.04 Å². The molecule has 0 fully saturated rings. The number of ether oxygens (including phenoxy) is 1. The zero-order valence-corrected chi connectivity index (χ0v) is 11.4. The molecule has 2 heterocycles. The molecule has 0 saturated carbocycles. The van der Waals surface area contributed by atoms with Crippen molar-refractivity contribution in [1.82, 2.24) is 5.32 Å². The minimum Gasteiger partial charge on any atom is -0.460 e. The average Bonchev–Trinajstić information content (AvgIpc) is 3.04. The lowest BCUT2D eigenvalue weighted by Gasteiger charge is -2.05. The first-order valence-corrected chi connectivity index (χ1v) is 6.74. The molecule has 3 heteroatoms. The van der Waals surface area contributed by atoms with E-state index >= 15 is 0 Å². The molecule has 0 radical (unpaired) electrons. The molecule has 3 rings (SSSR count). The van der Waals surface area contributed by atoms with E-state index in [2.05, 4.69) is 37.4 Å². The standard InChI is InChI=1S/C16H19NO2/c1-11(2)17-8-15-5-6-16(19-15)12-3-4-13-9-18-10-14(13)7-12/h3-7,11,17H,8-10H2,1-2H3. The monoisotopic (exact) mass is 257 g/mol. The van der Waals surface area contributed by atoms with Crippen LogP contribution in [0.4, 0.5) is 0 Å². The summed E-state index contributed by atoms with van der Waals surface area (Å²) in [5, 5.41) is 3.35. The van der Waals surface area contributed by atoms with Gasteiger partial charge >= 0.3 is 0 Å². The van der Waals surface area contributed by atoms with Crippen LogP contribution in [0.2, 0.25) is 0 Å². The number of rotatable bonds is 4. The second-order valence-electron chi connectivity index (χ2n) is 5.28. The van der Waals surface area contributed by atoms with E-state index in [0.717, 1.165) is 30.2 Å². The molecule has 1 aliphatic rings. The smallest absolute Gasteiger partial charge is 0.134 e. The van der Waals surface area contributed by atoms with Crippen LogP contribution in [0.1, 0.15) is 30.7 Å². The SMILES string of the molecule is CC(C)NCc1ccc(-c2ccc3c(c2)COC3)o1.